The topological polar surface area (TPSA) is 58.1 Å². The van der Waals surface area contributed by atoms with Gasteiger partial charge in [-0.25, -0.2) is 14.4 Å². The van der Waals surface area contributed by atoms with Gasteiger partial charge < -0.3 is 10.2 Å². The summed E-state index contributed by atoms with van der Waals surface area (Å²) in [7, 11) is 0. The van der Waals surface area contributed by atoms with Crippen LogP contribution >= 0.6 is 23.1 Å². The van der Waals surface area contributed by atoms with E-state index in [1.54, 1.807) is 12.1 Å². The minimum atomic E-state index is -0.332. The Labute approximate surface area is 165 Å². The Morgan fingerprint density at radius 3 is 2.63 bits per heavy atom. The van der Waals surface area contributed by atoms with Crippen molar-refractivity contribution in [2.45, 2.75) is 24.4 Å². The highest BCUT2D eigenvalue weighted by Gasteiger charge is 2.20. The summed E-state index contributed by atoms with van der Waals surface area (Å²) in [4.78, 5) is 25.6. The molecule has 1 N–H and O–H groups in total. The first-order valence-electron chi connectivity index (χ1n) is 8.81. The van der Waals surface area contributed by atoms with Gasteiger partial charge in [0.15, 0.2) is 5.16 Å². The fourth-order valence-electron chi connectivity index (χ4n) is 3.16. The lowest BCUT2D eigenvalue weighted by atomic mass is 10.1. The number of thioether (sulfide) groups is 1. The summed E-state index contributed by atoms with van der Waals surface area (Å²) in [6.45, 7) is 1.96. The van der Waals surface area contributed by atoms with Gasteiger partial charge in [0.2, 0.25) is 0 Å². The van der Waals surface area contributed by atoms with E-state index in [0.717, 1.165) is 47.1 Å². The zero-order valence-electron chi connectivity index (χ0n) is 14.9. The molecule has 1 fully saturated rings. The summed E-state index contributed by atoms with van der Waals surface area (Å²) in [5, 5.41) is 4.45. The third-order valence-corrected chi connectivity index (χ3v) is 6.09. The van der Waals surface area contributed by atoms with Gasteiger partial charge in [-0.2, -0.15) is 0 Å². The van der Waals surface area contributed by atoms with Crippen molar-refractivity contribution >= 4 is 50.7 Å². The first-order chi connectivity index (χ1) is 13.1. The number of anilines is 2. The molecule has 1 aromatic carbocycles. The number of piperidine rings is 1. The molecule has 1 amide bonds. The van der Waals surface area contributed by atoms with Crippen molar-refractivity contribution in [3.63, 3.8) is 0 Å². The maximum absolute atomic E-state index is 13.0. The van der Waals surface area contributed by atoms with Crippen LogP contribution in [0.1, 0.15) is 28.9 Å². The lowest BCUT2D eigenvalue weighted by Gasteiger charge is -2.28. The van der Waals surface area contributed by atoms with E-state index in [9.17, 15) is 9.18 Å². The maximum atomic E-state index is 13.0. The molecule has 3 aromatic rings. The highest BCUT2D eigenvalue weighted by molar-refractivity contribution is 7.98. The van der Waals surface area contributed by atoms with Gasteiger partial charge >= 0.3 is 0 Å². The van der Waals surface area contributed by atoms with Crippen LogP contribution in [-0.2, 0) is 0 Å². The van der Waals surface area contributed by atoms with Crippen LogP contribution in [0.2, 0.25) is 0 Å². The summed E-state index contributed by atoms with van der Waals surface area (Å²) in [6.07, 6.45) is 5.51. The zero-order chi connectivity index (χ0) is 18.8. The van der Waals surface area contributed by atoms with Gasteiger partial charge in [0, 0.05) is 18.8 Å². The number of benzene rings is 1. The molecule has 5 nitrogen and oxygen atoms in total. The largest absolute Gasteiger partial charge is 0.356 e. The quantitative estimate of drug-likeness (QED) is 0.502. The second kappa shape index (κ2) is 7.82. The minimum Gasteiger partial charge on any atom is -0.356 e. The molecule has 2 aromatic heterocycles. The van der Waals surface area contributed by atoms with Crippen LogP contribution in [0.5, 0.6) is 0 Å². The lowest BCUT2D eigenvalue weighted by molar-refractivity contribution is 0.103. The molecule has 140 valence electrons. The number of halogens is 1. The fraction of sp³-hybridized carbons (Fsp3) is 0.316. The summed E-state index contributed by atoms with van der Waals surface area (Å²) >= 11 is 2.86. The molecule has 27 heavy (non-hydrogen) atoms. The highest BCUT2D eigenvalue weighted by atomic mass is 32.2. The monoisotopic (exact) mass is 402 g/mol. The van der Waals surface area contributed by atoms with Crippen molar-refractivity contribution in [1.29, 1.82) is 0 Å². The minimum absolute atomic E-state index is 0.222. The van der Waals surface area contributed by atoms with Crippen LogP contribution in [0.3, 0.4) is 0 Å². The number of hydrogen-bond donors (Lipinski definition) is 1. The molecular weight excluding hydrogens is 383 g/mol. The second-order valence-corrected chi connectivity index (χ2v) is 8.18. The van der Waals surface area contributed by atoms with Crippen LogP contribution in [0, 0.1) is 5.82 Å². The van der Waals surface area contributed by atoms with E-state index in [1.807, 2.05) is 12.3 Å². The number of thiophene rings is 1. The first kappa shape index (κ1) is 18.2. The number of nitrogens with one attached hydrogen (secondary N) is 1. The molecule has 3 heterocycles. The fourth-order valence-corrected chi connectivity index (χ4v) is 4.50. The molecule has 1 aliphatic rings. The van der Waals surface area contributed by atoms with Gasteiger partial charge in [0.05, 0.1) is 10.3 Å². The van der Waals surface area contributed by atoms with Crippen LogP contribution in [0.25, 0.3) is 10.2 Å². The van der Waals surface area contributed by atoms with E-state index in [0.29, 0.717) is 10.6 Å². The Balaban J connectivity index is 1.67. The van der Waals surface area contributed by atoms with Crippen molar-refractivity contribution in [2.24, 2.45) is 0 Å². The first-order valence-corrected chi connectivity index (χ1v) is 10.9. The smallest absolute Gasteiger partial charge is 0.265 e. The van der Waals surface area contributed by atoms with E-state index in [-0.39, 0.29) is 11.7 Å². The van der Waals surface area contributed by atoms with Gasteiger partial charge in [0.25, 0.3) is 5.91 Å². The summed E-state index contributed by atoms with van der Waals surface area (Å²) in [5.74, 6) is 0.363. The number of hydrogen-bond acceptors (Lipinski definition) is 6. The average molecular weight is 403 g/mol. The van der Waals surface area contributed by atoms with E-state index in [2.05, 4.69) is 15.2 Å². The molecule has 1 aliphatic heterocycles. The second-order valence-electron chi connectivity index (χ2n) is 6.37. The van der Waals surface area contributed by atoms with Crippen LogP contribution in [0.4, 0.5) is 15.9 Å². The molecule has 1 saturated heterocycles. The Hall–Kier alpha value is -2.19. The predicted octanol–water partition coefficient (Wildman–Crippen LogP) is 4.79. The average Bonchev–Trinajstić information content (AvgIpc) is 3.14. The van der Waals surface area contributed by atoms with E-state index >= 15 is 0 Å². The Bertz CT molecular complexity index is 968. The number of aromatic nitrogens is 2. The summed E-state index contributed by atoms with van der Waals surface area (Å²) < 4.78 is 13.0. The maximum Gasteiger partial charge on any atom is 0.265 e. The van der Waals surface area contributed by atoms with Crippen molar-refractivity contribution in [2.75, 3.05) is 29.6 Å². The normalized spacial score (nSPS) is 14.5. The molecule has 0 aliphatic carbocycles. The predicted molar refractivity (Wildman–Crippen MR) is 110 cm³/mol. The van der Waals surface area contributed by atoms with Gasteiger partial charge in [0.1, 0.15) is 16.5 Å². The molecular formula is C19H19FN4OS2. The molecule has 0 bridgehead atoms. The SMILES string of the molecule is CSc1nc(N2CCCCC2)c2cc(C(=O)Nc3ccc(F)cc3)sc2n1. The highest BCUT2D eigenvalue weighted by Crippen LogP contribution is 2.34. The van der Waals surface area contributed by atoms with Gasteiger partial charge in [-0.1, -0.05) is 11.8 Å². The number of carbonyl (C=O) groups excluding carboxylic acids is 1. The molecule has 0 unspecified atom stereocenters. The zero-order valence-corrected chi connectivity index (χ0v) is 16.5. The molecule has 0 saturated carbocycles. The van der Waals surface area contributed by atoms with E-state index < -0.39 is 0 Å². The van der Waals surface area contributed by atoms with Crippen LogP contribution < -0.4 is 10.2 Å². The Kier molecular flexibility index (Phi) is 5.27. The number of carbonyl (C=O) groups is 1. The summed E-state index contributed by atoms with van der Waals surface area (Å²) in [6, 6.07) is 7.61. The molecule has 0 spiro atoms. The molecule has 8 heteroatoms. The number of amides is 1. The standard InChI is InChI=1S/C19H19FN4OS2/c1-26-19-22-16(24-9-3-2-4-10-24)14-11-15(27-18(14)23-19)17(25)21-13-7-5-12(20)6-8-13/h5-8,11H,2-4,9-10H2,1H3,(H,21,25). The van der Waals surface area contributed by atoms with E-state index in [1.165, 1.54) is 41.7 Å². The number of fused-ring (bicyclic) bond motifs is 1. The lowest BCUT2D eigenvalue weighted by Crippen LogP contribution is -2.30. The number of rotatable bonds is 4. The molecule has 0 radical (unpaired) electrons. The Morgan fingerprint density at radius 2 is 1.93 bits per heavy atom. The van der Waals surface area contributed by atoms with Crippen molar-refractivity contribution < 1.29 is 9.18 Å². The van der Waals surface area contributed by atoms with Crippen molar-refractivity contribution in [3.8, 4) is 0 Å². The van der Waals surface area contributed by atoms with Gasteiger partial charge in [-0.15, -0.1) is 11.3 Å². The Morgan fingerprint density at radius 1 is 1.19 bits per heavy atom. The summed E-state index contributed by atoms with van der Waals surface area (Å²) in [5.41, 5.74) is 0.561. The molecule has 4 rings (SSSR count). The third kappa shape index (κ3) is 3.91. The third-order valence-electron chi connectivity index (χ3n) is 4.52. The number of nitrogens with zero attached hydrogens (tertiary/aromatic N) is 3. The van der Waals surface area contributed by atoms with Crippen molar-refractivity contribution in [1.82, 2.24) is 9.97 Å². The van der Waals surface area contributed by atoms with Gasteiger partial charge in [-0.05, 0) is 55.9 Å². The van der Waals surface area contributed by atoms with Crippen molar-refractivity contribution in [3.05, 3.63) is 41.0 Å². The molecule has 0 atom stereocenters. The van der Waals surface area contributed by atoms with Gasteiger partial charge in [-0.3, -0.25) is 4.79 Å². The van der Waals surface area contributed by atoms with E-state index in [4.69, 9.17) is 4.98 Å². The van der Waals surface area contributed by atoms with Crippen LogP contribution in [-0.4, -0.2) is 35.2 Å². The van der Waals surface area contributed by atoms with Crippen LogP contribution in [0.15, 0.2) is 35.5 Å².